The van der Waals surface area contributed by atoms with Crippen LogP contribution in [0.4, 0.5) is 0 Å². The first-order valence-electron chi connectivity index (χ1n) is 6.53. The Morgan fingerprint density at radius 3 is 2.68 bits per heavy atom. The number of ether oxygens (including phenoxy) is 2. The number of rotatable bonds is 2. The van der Waals surface area contributed by atoms with Gasteiger partial charge in [-0.15, -0.1) is 0 Å². The molecule has 3 unspecified atom stereocenters. The maximum absolute atomic E-state index is 9.84. The molecule has 1 aromatic carbocycles. The molecule has 1 fully saturated rings. The predicted molar refractivity (Wildman–Crippen MR) is 73.3 cm³/mol. The van der Waals surface area contributed by atoms with Crippen molar-refractivity contribution in [2.24, 2.45) is 0 Å². The van der Waals surface area contributed by atoms with Gasteiger partial charge in [-0.3, -0.25) is 0 Å². The van der Waals surface area contributed by atoms with Crippen molar-refractivity contribution in [1.29, 1.82) is 0 Å². The summed E-state index contributed by atoms with van der Waals surface area (Å²) in [7, 11) is 0. The molecule has 3 nitrogen and oxygen atoms in total. The standard InChI is InChI=1S/C15H17ClO3/c1-9-6-10(16)7-11(15-12(17)8-19-15)14(9)13-4-2-3-5-18-13/h2-3,6-7,12-13,15,17H,4-5,8H2,1H3. The summed E-state index contributed by atoms with van der Waals surface area (Å²) < 4.78 is 11.3. The third kappa shape index (κ3) is 2.43. The van der Waals surface area contributed by atoms with Crippen molar-refractivity contribution in [2.75, 3.05) is 13.2 Å². The Balaban J connectivity index is 2.03. The zero-order valence-corrected chi connectivity index (χ0v) is 11.6. The molecule has 0 saturated carbocycles. The van der Waals surface area contributed by atoms with Crippen LogP contribution in [-0.2, 0) is 9.47 Å². The van der Waals surface area contributed by atoms with E-state index in [1.54, 1.807) is 0 Å². The third-order valence-corrected chi connectivity index (χ3v) is 3.94. The van der Waals surface area contributed by atoms with Gasteiger partial charge in [-0.2, -0.15) is 0 Å². The smallest absolute Gasteiger partial charge is 0.111 e. The van der Waals surface area contributed by atoms with E-state index in [4.69, 9.17) is 21.1 Å². The Morgan fingerprint density at radius 1 is 1.26 bits per heavy atom. The van der Waals surface area contributed by atoms with Crippen LogP contribution in [-0.4, -0.2) is 24.4 Å². The predicted octanol–water partition coefficient (Wildman–Crippen LogP) is 3.10. The molecule has 0 spiro atoms. The molecule has 0 bridgehead atoms. The molecule has 3 rings (SSSR count). The van der Waals surface area contributed by atoms with Crippen LogP contribution in [0.1, 0.15) is 35.3 Å². The first kappa shape index (κ1) is 13.1. The van der Waals surface area contributed by atoms with Crippen LogP contribution in [0.25, 0.3) is 0 Å². The molecular weight excluding hydrogens is 264 g/mol. The topological polar surface area (TPSA) is 38.7 Å². The molecule has 1 saturated heterocycles. The second-order valence-electron chi connectivity index (χ2n) is 5.08. The number of aliphatic hydroxyl groups excluding tert-OH is 1. The van der Waals surface area contributed by atoms with E-state index < -0.39 is 6.10 Å². The largest absolute Gasteiger partial charge is 0.388 e. The Morgan fingerprint density at radius 2 is 2.11 bits per heavy atom. The van der Waals surface area contributed by atoms with Crippen LogP contribution in [0.2, 0.25) is 5.02 Å². The van der Waals surface area contributed by atoms with Gasteiger partial charge in [-0.1, -0.05) is 23.8 Å². The van der Waals surface area contributed by atoms with Crippen molar-refractivity contribution >= 4 is 11.6 Å². The van der Waals surface area contributed by atoms with Gasteiger partial charge >= 0.3 is 0 Å². The quantitative estimate of drug-likeness (QED) is 0.846. The number of aliphatic hydroxyl groups is 1. The second-order valence-corrected chi connectivity index (χ2v) is 5.51. The fourth-order valence-corrected chi connectivity index (χ4v) is 3.04. The monoisotopic (exact) mass is 280 g/mol. The van der Waals surface area contributed by atoms with Gasteiger partial charge in [0.05, 0.1) is 19.3 Å². The Kier molecular flexibility index (Phi) is 3.63. The van der Waals surface area contributed by atoms with Gasteiger partial charge in [0.15, 0.2) is 0 Å². The number of hydrogen-bond acceptors (Lipinski definition) is 3. The van der Waals surface area contributed by atoms with Gasteiger partial charge in [0.2, 0.25) is 0 Å². The molecule has 102 valence electrons. The molecule has 2 aliphatic rings. The fraction of sp³-hybridized carbons (Fsp3) is 0.467. The van der Waals surface area contributed by atoms with Crippen molar-refractivity contribution in [3.8, 4) is 0 Å². The van der Waals surface area contributed by atoms with E-state index in [-0.39, 0.29) is 12.2 Å². The summed E-state index contributed by atoms with van der Waals surface area (Å²) in [5.74, 6) is 0. The molecule has 3 atom stereocenters. The maximum Gasteiger partial charge on any atom is 0.111 e. The van der Waals surface area contributed by atoms with Crippen LogP contribution in [0.3, 0.4) is 0 Å². The zero-order valence-electron chi connectivity index (χ0n) is 10.8. The Bertz CT molecular complexity index is 512. The van der Waals surface area contributed by atoms with E-state index in [2.05, 4.69) is 6.08 Å². The highest BCUT2D eigenvalue weighted by Gasteiger charge is 2.35. The first-order valence-corrected chi connectivity index (χ1v) is 6.91. The van der Waals surface area contributed by atoms with Gasteiger partial charge in [-0.05, 0) is 42.2 Å². The van der Waals surface area contributed by atoms with Crippen LogP contribution < -0.4 is 0 Å². The molecule has 1 aromatic rings. The summed E-state index contributed by atoms with van der Waals surface area (Å²) >= 11 is 6.14. The lowest BCUT2D eigenvalue weighted by Crippen LogP contribution is -2.38. The molecule has 1 N–H and O–H groups in total. The normalized spacial score (nSPS) is 30.2. The van der Waals surface area contributed by atoms with Crippen molar-refractivity contribution in [1.82, 2.24) is 0 Å². The van der Waals surface area contributed by atoms with Gasteiger partial charge in [0.25, 0.3) is 0 Å². The minimum absolute atomic E-state index is 0.0219. The highest BCUT2D eigenvalue weighted by atomic mass is 35.5. The fourth-order valence-electron chi connectivity index (χ4n) is 2.76. The number of hydrogen-bond donors (Lipinski definition) is 1. The number of benzene rings is 1. The van der Waals surface area contributed by atoms with Crippen LogP contribution in [0, 0.1) is 6.92 Å². The summed E-state index contributed by atoms with van der Waals surface area (Å²) in [4.78, 5) is 0. The van der Waals surface area contributed by atoms with E-state index in [1.165, 1.54) is 0 Å². The molecule has 0 aliphatic carbocycles. The molecule has 0 radical (unpaired) electrons. The lowest BCUT2D eigenvalue weighted by Gasteiger charge is -2.36. The van der Waals surface area contributed by atoms with Gasteiger partial charge < -0.3 is 14.6 Å². The Labute approximate surface area is 117 Å². The molecule has 19 heavy (non-hydrogen) atoms. The molecule has 0 amide bonds. The van der Waals surface area contributed by atoms with Crippen LogP contribution in [0.15, 0.2) is 24.3 Å². The lowest BCUT2D eigenvalue weighted by molar-refractivity contribution is -0.166. The maximum atomic E-state index is 9.84. The molecular formula is C15H17ClO3. The molecule has 2 heterocycles. The van der Waals surface area contributed by atoms with E-state index >= 15 is 0 Å². The number of halogens is 1. The van der Waals surface area contributed by atoms with Crippen molar-refractivity contribution in [3.05, 3.63) is 46.0 Å². The van der Waals surface area contributed by atoms with Crippen molar-refractivity contribution < 1.29 is 14.6 Å². The third-order valence-electron chi connectivity index (χ3n) is 3.72. The lowest BCUT2D eigenvalue weighted by atomic mass is 9.88. The van der Waals surface area contributed by atoms with E-state index in [0.717, 1.165) is 23.1 Å². The van der Waals surface area contributed by atoms with Gasteiger partial charge in [0, 0.05) is 5.02 Å². The summed E-state index contributed by atoms with van der Waals surface area (Å²) in [6, 6.07) is 3.83. The number of aryl methyl sites for hydroxylation is 1. The van der Waals surface area contributed by atoms with Crippen LogP contribution >= 0.6 is 11.6 Å². The van der Waals surface area contributed by atoms with E-state index in [0.29, 0.717) is 18.2 Å². The van der Waals surface area contributed by atoms with Crippen molar-refractivity contribution in [2.45, 2.75) is 31.7 Å². The summed E-state index contributed by atoms with van der Waals surface area (Å²) in [6.07, 6.45) is 4.30. The highest BCUT2D eigenvalue weighted by molar-refractivity contribution is 6.30. The summed E-state index contributed by atoms with van der Waals surface area (Å²) in [5.41, 5.74) is 3.16. The minimum atomic E-state index is -0.448. The minimum Gasteiger partial charge on any atom is -0.388 e. The average Bonchev–Trinajstić information content (AvgIpc) is 2.37. The second kappa shape index (κ2) is 5.25. The molecule has 2 aliphatic heterocycles. The zero-order chi connectivity index (χ0) is 13.4. The van der Waals surface area contributed by atoms with Crippen LogP contribution in [0.5, 0.6) is 0 Å². The SMILES string of the molecule is Cc1cc(Cl)cc(C2OCC2O)c1C1CC=CCO1. The highest BCUT2D eigenvalue weighted by Crippen LogP contribution is 2.40. The van der Waals surface area contributed by atoms with E-state index in [1.807, 2.05) is 25.1 Å². The first-order chi connectivity index (χ1) is 9.16. The summed E-state index contributed by atoms with van der Waals surface area (Å²) in [5, 5.41) is 10.5. The van der Waals surface area contributed by atoms with Gasteiger partial charge in [0.1, 0.15) is 12.2 Å². The van der Waals surface area contributed by atoms with Crippen molar-refractivity contribution in [3.63, 3.8) is 0 Å². The summed E-state index contributed by atoms with van der Waals surface area (Å²) in [6.45, 7) is 3.04. The molecule has 0 aromatic heterocycles. The molecule has 4 heteroatoms. The Hall–Kier alpha value is -0.870. The average molecular weight is 281 g/mol. The van der Waals surface area contributed by atoms with Gasteiger partial charge in [-0.25, -0.2) is 0 Å². The van der Waals surface area contributed by atoms with E-state index in [9.17, 15) is 5.11 Å².